The topological polar surface area (TPSA) is 65.6 Å². The van der Waals surface area contributed by atoms with E-state index >= 15 is 0 Å². The zero-order chi connectivity index (χ0) is 14.2. The van der Waals surface area contributed by atoms with Crippen LogP contribution in [0.3, 0.4) is 0 Å². The summed E-state index contributed by atoms with van der Waals surface area (Å²) in [6.45, 7) is 5.59. The van der Waals surface area contributed by atoms with E-state index in [0.717, 1.165) is 5.69 Å². The maximum absolute atomic E-state index is 12.3. The fraction of sp³-hybridized carbons (Fsp3) is 0.462. The molecule has 6 nitrogen and oxygen atoms in total. The zero-order valence-electron chi connectivity index (χ0n) is 11.5. The van der Waals surface area contributed by atoms with Crippen molar-refractivity contribution in [3.05, 3.63) is 34.5 Å². The van der Waals surface area contributed by atoms with E-state index in [9.17, 15) is 9.59 Å². The first kappa shape index (κ1) is 13.3. The van der Waals surface area contributed by atoms with Crippen LogP contribution < -0.4 is 5.56 Å². The van der Waals surface area contributed by atoms with E-state index in [1.165, 1.54) is 11.7 Å². The molecule has 2 rings (SSSR count). The number of rotatable bonds is 3. The van der Waals surface area contributed by atoms with E-state index in [4.69, 9.17) is 4.74 Å². The number of ether oxygens (including phenoxy) is 1. The minimum absolute atomic E-state index is 0.167. The van der Waals surface area contributed by atoms with E-state index in [2.05, 4.69) is 5.10 Å². The van der Waals surface area contributed by atoms with Crippen LogP contribution in [0.2, 0.25) is 0 Å². The molecule has 6 heteroatoms. The van der Waals surface area contributed by atoms with Crippen LogP contribution in [0, 0.1) is 12.3 Å². The molecule has 0 atom stereocenters. The van der Waals surface area contributed by atoms with Gasteiger partial charge in [0, 0.05) is 18.9 Å². The molecule has 0 bridgehead atoms. The lowest BCUT2D eigenvalue weighted by atomic mass is 9.93. The highest BCUT2D eigenvalue weighted by Crippen LogP contribution is 2.19. The van der Waals surface area contributed by atoms with Gasteiger partial charge in [0.05, 0.1) is 18.2 Å². The lowest BCUT2D eigenvalue weighted by Gasteiger charge is -2.22. The third-order valence-electron chi connectivity index (χ3n) is 3.03. The molecule has 0 saturated carbocycles. The van der Waals surface area contributed by atoms with Crippen LogP contribution in [-0.2, 0) is 16.1 Å². The molecular formula is C13H17N3O3. The number of hydrogen-bond donors (Lipinski definition) is 0. The summed E-state index contributed by atoms with van der Waals surface area (Å²) in [6.07, 6.45) is 3.34. The molecule has 2 aromatic rings. The molecule has 0 aliphatic heterocycles. The first-order chi connectivity index (χ1) is 8.85. The Balaban J connectivity index is 2.44. The highest BCUT2D eigenvalue weighted by atomic mass is 16.5. The van der Waals surface area contributed by atoms with E-state index < -0.39 is 5.41 Å². The van der Waals surface area contributed by atoms with Crippen LogP contribution >= 0.6 is 0 Å². The summed E-state index contributed by atoms with van der Waals surface area (Å²) in [5.74, 6) is -0.344. The van der Waals surface area contributed by atoms with Gasteiger partial charge in [0.1, 0.15) is 5.52 Å². The fourth-order valence-corrected chi connectivity index (χ4v) is 2.04. The third kappa shape index (κ3) is 2.38. The number of nitrogens with zero attached hydrogens (tertiary/aromatic N) is 3. The van der Waals surface area contributed by atoms with Crippen LogP contribution in [0.4, 0.5) is 0 Å². The standard InChI is InChI=1S/C13H17N3O3/c1-9-7-10-11(17)15(5-6-16(10)14-9)8-13(2,3)12(18)19-4/h5-7H,8H2,1-4H3. The summed E-state index contributed by atoms with van der Waals surface area (Å²) >= 11 is 0. The van der Waals surface area contributed by atoms with Gasteiger partial charge in [0.15, 0.2) is 0 Å². The van der Waals surface area contributed by atoms with Crippen molar-refractivity contribution < 1.29 is 9.53 Å². The van der Waals surface area contributed by atoms with E-state index in [1.807, 2.05) is 6.92 Å². The Morgan fingerprint density at radius 3 is 2.74 bits per heavy atom. The van der Waals surface area contributed by atoms with Gasteiger partial charge >= 0.3 is 5.97 Å². The van der Waals surface area contributed by atoms with E-state index in [1.54, 1.807) is 36.8 Å². The number of hydrogen-bond acceptors (Lipinski definition) is 4. The van der Waals surface area contributed by atoms with Gasteiger partial charge in [-0.3, -0.25) is 9.59 Å². The van der Waals surface area contributed by atoms with Gasteiger partial charge in [-0.25, -0.2) is 4.52 Å². The lowest BCUT2D eigenvalue weighted by molar-refractivity contribution is -0.151. The van der Waals surface area contributed by atoms with Crippen molar-refractivity contribution in [3.63, 3.8) is 0 Å². The molecule has 0 aliphatic carbocycles. The van der Waals surface area contributed by atoms with Gasteiger partial charge in [0.25, 0.3) is 5.56 Å². The average Bonchev–Trinajstić information content (AvgIpc) is 2.73. The Labute approximate surface area is 110 Å². The van der Waals surface area contributed by atoms with Crippen LogP contribution in [0.5, 0.6) is 0 Å². The lowest BCUT2D eigenvalue weighted by Crippen LogP contribution is -2.35. The highest BCUT2D eigenvalue weighted by Gasteiger charge is 2.29. The first-order valence-corrected chi connectivity index (χ1v) is 5.99. The van der Waals surface area contributed by atoms with Gasteiger partial charge in [-0.1, -0.05) is 0 Å². The fourth-order valence-electron chi connectivity index (χ4n) is 2.04. The maximum atomic E-state index is 12.3. The normalized spacial score (nSPS) is 11.8. The second-order valence-electron chi connectivity index (χ2n) is 5.22. The van der Waals surface area contributed by atoms with Crippen molar-refractivity contribution in [2.45, 2.75) is 27.3 Å². The largest absolute Gasteiger partial charge is 0.469 e. The molecule has 0 saturated heterocycles. The first-order valence-electron chi connectivity index (χ1n) is 5.99. The molecule has 0 spiro atoms. The van der Waals surface area contributed by atoms with Crippen molar-refractivity contribution in [3.8, 4) is 0 Å². The molecule has 2 heterocycles. The predicted molar refractivity (Wildman–Crippen MR) is 70.0 cm³/mol. The summed E-state index contributed by atoms with van der Waals surface area (Å²) < 4.78 is 7.80. The minimum Gasteiger partial charge on any atom is -0.469 e. The Morgan fingerprint density at radius 2 is 2.11 bits per heavy atom. The quantitative estimate of drug-likeness (QED) is 0.775. The molecule has 102 valence electrons. The number of esters is 1. The molecule has 0 aliphatic rings. The summed E-state index contributed by atoms with van der Waals surface area (Å²) in [5, 5.41) is 4.17. The Kier molecular flexibility index (Phi) is 3.18. The van der Waals surface area contributed by atoms with Crippen molar-refractivity contribution in [1.82, 2.24) is 14.2 Å². The summed E-state index contributed by atoms with van der Waals surface area (Å²) in [5.41, 5.74) is 0.356. The van der Waals surface area contributed by atoms with Gasteiger partial charge in [-0.15, -0.1) is 0 Å². The average molecular weight is 263 g/mol. The van der Waals surface area contributed by atoms with Gasteiger partial charge in [0.2, 0.25) is 0 Å². The summed E-state index contributed by atoms with van der Waals surface area (Å²) in [4.78, 5) is 23.9. The second-order valence-corrected chi connectivity index (χ2v) is 5.22. The molecule has 0 fully saturated rings. The molecule has 19 heavy (non-hydrogen) atoms. The Bertz CT molecular complexity index is 682. The third-order valence-corrected chi connectivity index (χ3v) is 3.03. The molecule has 2 aromatic heterocycles. The monoisotopic (exact) mass is 263 g/mol. The second kappa shape index (κ2) is 4.53. The number of aryl methyl sites for hydroxylation is 1. The zero-order valence-corrected chi connectivity index (χ0v) is 11.5. The number of carbonyl (C=O) groups is 1. The SMILES string of the molecule is COC(=O)C(C)(C)Cn1ccn2nc(C)cc2c1=O. The van der Waals surface area contributed by atoms with Gasteiger partial charge in [-0.05, 0) is 26.8 Å². The predicted octanol–water partition coefficient (Wildman–Crippen LogP) is 1.00. The van der Waals surface area contributed by atoms with Crippen LogP contribution in [-0.4, -0.2) is 27.3 Å². The Morgan fingerprint density at radius 1 is 1.42 bits per heavy atom. The number of fused-ring (bicyclic) bond motifs is 1. The van der Waals surface area contributed by atoms with Crippen molar-refractivity contribution in [2.24, 2.45) is 5.41 Å². The van der Waals surface area contributed by atoms with Gasteiger partial charge in [-0.2, -0.15) is 5.10 Å². The Hall–Kier alpha value is -2.11. The van der Waals surface area contributed by atoms with Crippen LogP contribution in [0.25, 0.3) is 5.52 Å². The van der Waals surface area contributed by atoms with Crippen molar-refractivity contribution in [1.29, 1.82) is 0 Å². The number of carbonyl (C=O) groups excluding carboxylic acids is 1. The molecule has 0 unspecified atom stereocenters. The minimum atomic E-state index is -0.758. The number of methoxy groups -OCH3 is 1. The highest BCUT2D eigenvalue weighted by molar-refractivity contribution is 5.75. The van der Waals surface area contributed by atoms with Crippen molar-refractivity contribution in [2.75, 3.05) is 7.11 Å². The molecule has 0 amide bonds. The number of aromatic nitrogens is 3. The van der Waals surface area contributed by atoms with Crippen LogP contribution in [0.15, 0.2) is 23.3 Å². The van der Waals surface area contributed by atoms with E-state index in [-0.39, 0.29) is 18.1 Å². The van der Waals surface area contributed by atoms with E-state index in [0.29, 0.717) is 5.52 Å². The molecule has 0 aromatic carbocycles. The van der Waals surface area contributed by atoms with Crippen molar-refractivity contribution >= 4 is 11.5 Å². The molecule has 0 radical (unpaired) electrons. The summed E-state index contributed by atoms with van der Waals surface area (Å²) in [7, 11) is 1.34. The molecule has 0 N–H and O–H groups in total. The maximum Gasteiger partial charge on any atom is 0.313 e. The smallest absolute Gasteiger partial charge is 0.313 e. The molecular weight excluding hydrogens is 246 g/mol. The van der Waals surface area contributed by atoms with Gasteiger partial charge < -0.3 is 9.30 Å². The van der Waals surface area contributed by atoms with Crippen LogP contribution in [0.1, 0.15) is 19.5 Å². The summed E-state index contributed by atoms with van der Waals surface area (Å²) in [6, 6.07) is 1.73.